The monoisotopic (exact) mass is 262 g/mol. The van der Waals surface area contributed by atoms with E-state index in [1.165, 1.54) is 12.1 Å². The maximum absolute atomic E-state index is 11.8. The number of ketones is 1. The number of carboxylic acids is 1. The van der Waals surface area contributed by atoms with Crippen molar-refractivity contribution in [2.75, 3.05) is 0 Å². The highest BCUT2D eigenvalue weighted by atomic mass is 16.4. The Balaban J connectivity index is 2.45. The average molecular weight is 262 g/mol. The summed E-state index contributed by atoms with van der Waals surface area (Å²) < 4.78 is 0. The Morgan fingerprint density at radius 1 is 1.21 bits per heavy atom. The molecule has 0 heterocycles. The number of hydrogen-bond donors (Lipinski definition) is 2. The summed E-state index contributed by atoms with van der Waals surface area (Å²) in [7, 11) is 0. The van der Waals surface area contributed by atoms with Crippen LogP contribution in [-0.4, -0.2) is 28.1 Å². The molecule has 0 aromatic heterocycles. The number of carboxylic acid groups (broad SMARTS) is 1. The van der Waals surface area contributed by atoms with E-state index in [9.17, 15) is 14.7 Å². The molecule has 1 saturated carbocycles. The highest BCUT2D eigenvalue weighted by Gasteiger charge is 2.56. The van der Waals surface area contributed by atoms with Crippen molar-refractivity contribution >= 4 is 11.8 Å². The summed E-state index contributed by atoms with van der Waals surface area (Å²) in [5.41, 5.74) is 0.0393. The Morgan fingerprint density at radius 3 is 2.11 bits per heavy atom. The number of aliphatic hydroxyl groups is 1. The first-order chi connectivity index (χ1) is 8.70. The van der Waals surface area contributed by atoms with Crippen LogP contribution in [0, 0.1) is 5.41 Å². The predicted molar refractivity (Wildman–Crippen MR) is 70.2 cm³/mol. The third-order valence-corrected chi connectivity index (χ3v) is 4.71. The molecule has 1 aromatic carbocycles. The second kappa shape index (κ2) is 4.17. The van der Waals surface area contributed by atoms with E-state index < -0.39 is 22.9 Å². The maximum atomic E-state index is 11.8. The summed E-state index contributed by atoms with van der Waals surface area (Å²) in [6, 6.07) is 6.54. The topological polar surface area (TPSA) is 74.6 Å². The lowest BCUT2D eigenvalue weighted by molar-refractivity contribution is -0.126. The zero-order valence-electron chi connectivity index (χ0n) is 11.3. The van der Waals surface area contributed by atoms with E-state index in [0.717, 1.165) is 5.56 Å². The van der Waals surface area contributed by atoms with Gasteiger partial charge in [0.05, 0.1) is 5.56 Å². The van der Waals surface area contributed by atoms with Gasteiger partial charge in [0.1, 0.15) is 6.10 Å². The quantitative estimate of drug-likeness (QED) is 0.855. The van der Waals surface area contributed by atoms with Crippen LogP contribution in [0.5, 0.6) is 0 Å². The molecule has 0 bridgehead atoms. The number of carbonyl (C=O) groups excluding carboxylic acids is 1. The van der Waals surface area contributed by atoms with Crippen molar-refractivity contribution in [1.82, 2.24) is 0 Å². The van der Waals surface area contributed by atoms with E-state index in [-0.39, 0.29) is 17.8 Å². The Labute approximate surface area is 112 Å². The van der Waals surface area contributed by atoms with Crippen LogP contribution in [0.2, 0.25) is 0 Å². The van der Waals surface area contributed by atoms with Crippen molar-refractivity contribution in [1.29, 1.82) is 0 Å². The molecule has 4 nitrogen and oxygen atoms in total. The molecular formula is C15H18O4. The highest BCUT2D eigenvalue weighted by molar-refractivity contribution is 5.89. The van der Waals surface area contributed by atoms with Crippen LogP contribution in [0.4, 0.5) is 0 Å². The van der Waals surface area contributed by atoms with Crippen molar-refractivity contribution < 1.29 is 19.8 Å². The number of hydrogen-bond acceptors (Lipinski definition) is 3. The lowest BCUT2D eigenvalue weighted by Gasteiger charge is -2.39. The zero-order chi connectivity index (χ0) is 14.4. The Morgan fingerprint density at radius 2 is 1.74 bits per heavy atom. The lowest BCUT2D eigenvalue weighted by atomic mass is 9.64. The van der Waals surface area contributed by atoms with Crippen molar-refractivity contribution in [3.63, 3.8) is 0 Å². The van der Waals surface area contributed by atoms with Gasteiger partial charge in [-0.1, -0.05) is 32.9 Å². The van der Waals surface area contributed by atoms with Crippen LogP contribution in [-0.2, 0) is 10.2 Å². The van der Waals surface area contributed by atoms with Crippen molar-refractivity contribution in [3.05, 3.63) is 35.4 Å². The average Bonchev–Trinajstić information content (AvgIpc) is 2.51. The smallest absolute Gasteiger partial charge is 0.335 e. The van der Waals surface area contributed by atoms with E-state index in [1.54, 1.807) is 12.1 Å². The zero-order valence-corrected chi connectivity index (χ0v) is 11.3. The second-order valence-electron chi connectivity index (χ2n) is 5.98. The molecule has 2 atom stereocenters. The third-order valence-electron chi connectivity index (χ3n) is 4.71. The van der Waals surface area contributed by atoms with Gasteiger partial charge in [-0.05, 0) is 17.7 Å². The molecule has 4 heteroatoms. The molecule has 0 aliphatic heterocycles. The summed E-state index contributed by atoms with van der Waals surface area (Å²) in [4.78, 5) is 22.7. The Kier molecular flexibility index (Phi) is 3.01. The molecule has 0 amide bonds. The molecule has 1 aliphatic carbocycles. The molecule has 2 rings (SSSR count). The van der Waals surface area contributed by atoms with Crippen molar-refractivity contribution in [2.45, 2.75) is 38.7 Å². The summed E-state index contributed by atoms with van der Waals surface area (Å²) in [6.07, 6.45) is -0.704. The number of rotatable bonds is 2. The van der Waals surface area contributed by atoms with E-state index >= 15 is 0 Å². The largest absolute Gasteiger partial charge is 0.478 e. The van der Waals surface area contributed by atoms with Gasteiger partial charge in [-0.2, -0.15) is 0 Å². The normalized spacial score (nSPS) is 29.5. The van der Waals surface area contributed by atoms with Gasteiger partial charge < -0.3 is 10.2 Å². The van der Waals surface area contributed by atoms with Crippen LogP contribution in [0.1, 0.15) is 43.1 Å². The molecule has 0 spiro atoms. The predicted octanol–water partition coefficient (Wildman–Crippen LogP) is 2.00. The van der Waals surface area contributed by atoms with Gasteiger partial charge >= 0.3 is 5.97 Å². The van der Waals surface area contributed by atoms with Gasteiger partial charge in [0.15, 0.2) is 5.78 Å². The van der Waals surface area contributed by atoms with E-state index in [4.69, 9.17) is 5.11 Å². The first kappa shape index (κ1) is 13.7. The number of Topliss-reactive ketones (excluding diaryl/α,β-unsaturated/α-hetero) is 1. The minimum Gasteiger partial charge on any atom is -0.478 e. The van der Waals surface area contributed by atoms with Crippen LogP contribution in [0.25, 0.3) is 0 Å². The van der Waals surface area contributed by atoms with E-state index in [0.29, 0.717) is 0 Å². The van der Waals surface area contributed by atoms with Gasteiger partial charge in [-0.3, -0.25) is 4.79 Å². The molecule has 19 heavy (non-hydrogen) atoms. The van der Waals surface area contributed by atoms with Crippen molar-refractivity contribution in [3.8, 4) is 0 Å². The van der Waals surface area contributed by atoms with E-state index in [2.05, 4.69) is 0 Å². The third kappa shape index (κ3) is 1.87. The van der Waals surface area contributed by atoms with Gasteiger partial charge in [0, 0.05) is 17.3 Å². The fraction of sp³-hybridized carbons (Fsp3) is 0.467. The number of benzene rings is 1. The molecule has 1 aliphatic rings. The minimum atomic E-state index is -0.975. The molecule has 0 unspecified atom stereocenters. The molecule has 1 aromatic rings. The number of aliphatic hydroxyl groups excluding tert-OH is 1. The van der Waals surface area contributed by atoms with Gasteiger partial charge in [0.25, 0.3) is 0 Å². The van der Waals surface area contributed by atoms with Gasteiger partial charge in [0.2, 0.25) is 0 Å². The summed E-state index contributed by atoms with van der Waals surface area (Å²) in [5, 5.41) is 18.9. The molecule has 0 saturated heterocycles. The minimum absolute atomic E-state index is 0.158. The molecular weight excluding hydrogens is 244 g/mol. The highest BCUT2D eigenvalue weighted by Crippen LogP contribution is 2.52. The fourth-order valence-electron chi connectivity index (χ4n) is 2.83. The first-order valence-corrected chi connectivity index (χ1v) is 6.25. The molecule has 0 radical (unpaired) electrons. The van der Waals surface area contributed by atoms with Crippen LogP contribution < -0.4 is 0 Å². The number of carbonyl (C=O) groups is 2. The van der Waals surface area contributed by atoms with Gasteiger partial charge in [-0.15, -0.1) is 0 Å². The number of aromatic carboxylic acids is 1. The molecule has 102 valence electrons. The summed E-state index contributed by atoms with van der Waals surface area (Å²) in [6.45, 7) is 5.68. The summed E-state index contributed by atoms with van der Waals surface area (Å²) >= 11 is 0. The fourth-order valence-corrected chi connectivity index (χ4v) is 2.83. The lowest BCUT2D eigenvalue weighted by Crippen LogP contribution is -2.40. The molecule has 1 fully saturated rings. The second-order valence-corrected chi connectivity index (χ2v) is 5.98. The Hall–Kier alpha value is -1.68. The summed E-state index contributed by atoms with van der Waals surface area (Å²) in [5.74, 6) is -1.13. The van der Waals surface area contributed by atoms with Crippen LogP contribution in [0.3, 0.4) is 0 Å². The van der Waals surface area contributed by atoms with Crippen molar-refractivity contribution in [2.24, 2.45) is 5.41 Å². The van der Waals surface area contributed by atoms with E-state index in [1.807, 2.05) is 20.8 Å². The van der Waals surface area contributed by atoms with Crippen LogP contribution >= 0.6 is 0 Å². The maximum Gasteiger partial charge on any atom is 0.335 e. The van der Waals surface area contributed by atoms with Crippen LogP contribution in [0.15, 0.2) is 24.3 Å². The Bertz CT molecular complexity index is 530. The van der Waals surface area contributed by atoms with Gasteiger partial charge in [-0.25, -0.2) is 4.79 Å². The SMILES string of the molecule is CC1(C)[C@@H](O)C(=O)C[C@]1(C)c1ccc(C(=O)O)cc1. The standard InChI is InChI=1S/C15H18O4/c1-14(2)12(17)11(16)8-15(14,3)10-6-4-9(5-7-10)13(18)19/h4-7,12,17H,8H2,1-3H3,(H,18,19)/t12-,15+/m0/s1. The molecule has 2 N–H and O–H groups in total. The first-order valence-electron chi connectivity index (χ1n) is 6.25.